The molecule has 140 valence electrons. The molecule has 1 aliphatic carbocycles. The number of hydrogen-bond donors (Lipinski definition) is 0. The van der Waals surface area contributed by atoms with Crippen LogP contribution in [0, 0.1) is 10.8 Å². The Kier molecular flexibility index (Phi) is 7.33. The van der Waals surface area contributed by atoms with Crippen molar-refractivity contribution in [3.05, 3.63) is 23.3 Å². The van der Waals surface area contributed by atoms with Crippen LogP contribution in [-0.2, 0) is 19.1 Å². The van der Waals surface area contributed by atoms with Gasteiger partial charge < -0.3 is 4.74 Å². The molecular weight excluding hydrogens is 316 g/mol. The van der Waals surface area contributed by atoms with Gasteiger partial charge >= 0.3 is 5.97 Å². The average molecular weight is 348 g/mol. The van der Waals surface area contributed by atoms with Gasteiger partial charge in [0.1, 0.15) is 0 Å². The lowest BCUT2D eigenvalue weighted by Crippen LogP contribution is -2.30. The number of unbranched alkanes of at least 4 members (excludes halogenated alkanes) is 3. The van der Waals surface area contributed by atoms with Gasteiger partial charge in [0.15, 0.2) is 11.6 Å². The smallest absolute Gasteiger partial charge is 0.306 e. The van der Waals surface area contributed by atoms with Crippen LogP contribution in [0.3, 0.4) is 0 Å². The molecule has 0 unspecified atom stereocenters. The molecule has 0 saturated carbocycles. The number of hydrogen-bond acceptors (Lipinski definition) is 4. The van der Waals surface area contributed by atoms with E-state index in [1.807, 2.05) is 20.8 Å². The summed E-state index contributed by atoms with van der Waals surface area (Å²) in [5.74, 6) is -0.665. The highest BCUT2D eigenvalue weighted by atomic mass is 16.5. The topological polar surface area (TPSA) is 60.4 Å². The summed E-state index contributed by atoms with van der Waals surface area (Å²) in [7, 11) is 0. The number of esters is 1. The summed E-state index contributed by atoms with van der Waals surface area (Å²) >= 11 is 0. The van der Waals surface area contributed by atoms with Crippen molar-refractivity contribution >= 4 is 17.5 Å². The third-order valence-corrected chi connectivity index (χ3v) is 4.47. The molecule has 0 amide bonds. The monoisotopic (exact) mass is 348 g/mol. The fourth-order valence-electron chi connectivity index (χ4n) is 2.90. The van der Waals surface area contributed by atoms with Crippen LogP contribution in [0.4, 0.5) is 0 Å². The van der Waals surface area contributed by atoms with Gasteiger partial charge in [-0.3, -0.25) is 14.4 Å². The lowest BCUT2D eigenvalue weighted by molar-refractivity contribution is -0.145. The van der Waals surface area contributed by atoms with E-state index in [1.54, 1.807) is 13.8 Å². The van der Waals surface area contributed by atoms with Gasteiger partial charge in [0.05, 0.1) is 13.0 Å². The molecule has 1 rings (SSSR count). The predicted octanol–water partition coefficient (Wildman–Crippen LogP) is 4.58. The van der Waals surface area contributed by atoms with E-state index >= 15 is 0 Å². The molecule has 25 heavy (non-hydrogen) atoms. The Balaban J connectivity index is 2.71. The first kappa shape index (κ1) is 21.3. The van der Waals surface area contributed by atoms with Crippen LogP contribution in [-0.4, -0.2) is 24.1 Å². The Bertz CT molecular complexity index is 586. The van der Waals surface area contributed by atoms with Crippen LogP contribution in [0.25, 0.3) is 0 Å². The summed E-state index contributed by atoms with van der Waals surface area (Å²) in [6.45, 7) is 11.9. The van der Waals surface area contributed by atoms with Crippen molar-refractivity contribution < 1.29 is 19.1 Å². The molecule has 0 atom stereocenters. The van der Waals surface area contributed by atoms with Gasteiger partial charge in [-0.05, 0) is 24.0 Å². The zero-order valence-corrected chi connectivity index (χ0v) is 16.5. The summed E-state index contributed by atoms with van der Waals surface area (Å²) in [4.78, 5) is 37.0. The largest absolute Gasteiger partial charge is 0.466 e. The molecule has 0 radical (unpaired) electrons. The van der Waals surface area contributed by atoms with Gasteiger partial charge in [-0.25, -0.2) is 0 Å². The van der Waals surface area contributed by atoms with E-state index in [0.717, 1.165) is 25.7 Å². The SMILES string of the molecule is CCCCCCOC(=O)CC(C)(C)C1=CC(=O)C(C(C)(C)C)=CC1=O. The lowest BCUT2D eigenvalue weighted by Gasteiger charge is -2.30. The van der Waals surface area contributed by atoms with Gasteiger partial charge in [0.25, 0.3) is 0 Å². The van der Waals surface area contributed by atoms with Crippen LogP contribution < -0.4 is 0 Å². The van der Waals surface area contributed by atoms with Gasteiger partial charge in [-0.1, -0.05) is 60.8 Å². The minimum Gasteiger partial charge on any atom is -0.466 e. The number of ether oxygens (including phenoxy) is 1. The Morgan fingerprint density at radius 2 is 1.48 bits per heavy atom. The molecule has 1 aliphatic rings. The minimum atomic E-state index is -0.729. The van der Waals surface area contributed by atoms with Crippen molar-refractivity contribution in [1.82, 2.24) is 0 Å². The van der Waals surface area contributed by atoms with Crippen LogP contribution >= 0.6 is 0 Å². The number of allylic oxidation sites excluding steroid dienone is 4. The number of rotatable bonds is 8. The maximum atomic E-state index is 12.5. The highest BCUT2D eigenvalue weighted by Crippen LogP contribution is 2.37. The summed E-state index contributed by atoms with van der Waals surface area (Å²) in [6, 6.07) is 0. The summed E-state index contributed by atoms with van der Waals surface area (Å²) in [6.07, 6.45) is 7.09. The highest BCUT2D eigenvalue weighted by molar-refractivity contribution is 6.21. The minimum absolute atomic E-state index is 0.0876. The number of carbonyl (C=O) groups is 3. The molecule has 0 aromatic carbocycles. The average Bonchev–Trinajstić information content (AvgIpc) is 2.47. The first-order valence-corrected chi connectivity index (χ1v) is 9.17. The Hall–Kier alpha value is -1.71. The van der Waals surface area contributed by atoms with Crippen molar-refractivity contribution in [1.29, 1.82) is 0 Å². The number of carbonyl (C=O) groups excluding carboxylic acids is 3. The first-order chi connectivity index (χ1) is 11.5. The molecule has 0 aromatic rings. The fourth-order valence-corrected chi connectivity index (χ4v) is 2.90. The number of ketones is 2. The van der Waals surface area contributed by atoms with E-state index in [-0.39, 0.29) is 29.4 Å². The molecule has 4 heteroatoms. The van der Waals surface area contributed by atoms with Crippen LogP contribution in [0.5, 0.6) is 0 Å². The predicted molar refractivity (Wildman–Crippen MR) is 99.1 cm³/mol. The van der Waals surface area contributed by atoms with E-state index in [1.165, 1.54) is 12.2 Å². The second-order valence-electron chi connectivity index (χ2n) is 8.44. The van der Waals surface area contributed by atoms with Crippen molar-refractivity contribution in [2.24, 2.45) is 10.8 Å². The molecule has 0 spiro atoms. The van der Waals surface area contributed by atoms with Gasteiger partial charge in [-0.15, -0.1) is 0 Å². The molecule has 4 nitrogen and oxygen atoms in total. The quantitative estimate of drug-likeness (QED) is 0.366. The van der Waals surface area contributed by atoms with Crippen molar-refractivity contribution in [2.75, 3.05) is 6.61 Å². The molecule has 0 heterocycles. The lowest BCUT2D eigenvalue weighted by atomic mass is 9.72. The Morgan fingerprint density at radius 3 is 2.04 bits per heavy atom. The Labute approximate surface area is 151 Å². The maximum absolute atomic E-state index is 12.5. The second-order valence-corrected chi connectivity index (χ2v) is 8.44. The van der Waals surface area contributed by atoms with Crippen LogP contribution in [0.2, 0.25) is 0 Å². The van der Waals surface area contributed by atoms with Crippen LogP contribution in [0.1, 0.15) is 73.6 Å². The third kappa shape index (κ3) is 6.26. The van der Waals surface area contributed by atoms with E-state index in [2.05, 4.69) is 6.92 Å². The van der Waals surface area contributed by atoms with Crippen molar-refractivity contribution in [2.45, 2.75) is 73.6 Å². The molecule has 0 aliphatic heterocycles. The standard InChI is InChI=1S/C21H32O4/c1-7-8-9-10-11-25-19(24)14-21(5,6)16-13-17(22)15(12-18(16)23)20(2,3)4/h12-13H,7-11,14H2,1-6H3. The molecule has 0 saturated heterocycles. The third-order valence-electron chi connectivity index (χ3n) is 4.47. The first-order valence-electron chi connectivity index (χ1n) is 9.17. The van der Waals surface area contributed by atoms with Gasteiger partial charge in [0.2, 0.25) is 0 Å². The summed E-state index contributed by atoms with van der Waals surface area (Å²) in [5, 5.41) is 0. The molecule has 0 bridgehead atoms. The normalized spacial score (nSPS) is 15.8. The zero-order valence-electron chi connectivity index (χ0n) is 16.5. The van der Waals surface area contributed by atoms with Crippen molar-refractivity contribution in [3.63, 3.8) is 0 Å². The zero-order chi connectivity index (χ0) is 19.3. The molecular formula is C21H32O4. The Morgan fingerprint density at radius 1 is 0.920 bits per heavy atom. The van der Waals surface area contributed by atoms with Gasteiger partial charge in [-0.2, -0.15) is 0 Å². The summed E-state index contributed by atoms with van der Waals surface area (Å²) < 4.78 is 5.27. The van der Waals surface area contributed by atoms with E-state index in [0.29, 0.717) is 17.8 Å². The van der Waals surface area contributed by atoms with E-state index in [9.17, 15) is 14.4 Å². The summed E-state index contributed by atoms with van der Waals surface area (Å²) in [5.41, 5.74) is -0.215. The fraction of sp³-hybridized carbons (Fsp3) is 0.667. The maximum Gasteiger partial charge on any atom is 0.306 e. The van der Waals surface area contributed by atoms with E-state index in [4.69, 9.17) is 4.74 Å². The second kappa shape index (κ2) is 8.59. The highest BCUT2D eigenvalue weighted by Gasteiger charge is 2.36. The van der Waals surface area contributed by atoms with Crippen molar-refractivity contribution in [3.8, 4) is 0 Å². The molecule has 0 fully saturated rings. The van der Waals surface area contributed by atoms with Gasteiger partial charge in [0, 0.05) is 16.6 Å². The van der Waals surface area contributed by atoms with Crippen LogP contribution in [0.15, 0.2) is 23.3 Å². The molecule has 0 N–H and O–H groups in total. The molecule has 0 aromatic heterocycles. The van der Waals surface area contributed by atoms with E-state index < -0.39 is 5.41 Å².